The van der Waals surface area contributed by atoms with E-state index in [1.165, 1.54) is 0 Å². The van der Waals surface area contributed by atoms with E-state index in [-0.39, 0.29) is 11.3 Å². The van der Waals surface area contributed by atoms with Crippen molar-refractivity contribution >= 4 is 27.5 Å². The minimum atomic E-state index is -0.199. The zero-order chi connectivity index (χ0) is 11.6. The van der Waals surface area contributed by atoms with E-state index in [2.05, 4.69) is 26.2 Å². The van der Waals surface area contributed by atoms with Crippen molar-refractivity contribution in [3.05, 3.63) is 22.9 Å². The summed E-state index contributed by atoms with van der Waals surface area (Å²) in [6.45, 7) is 2.04. The van der Waals surface area contributed by atoms with Crippen LogP contribution >= 0.6 is 15.9 Å². The summed E-state index contributed by atoms with van der Waals surface area (Å²) in [6, 6.07) is 3.67. The molecule has 1 fully saturated rings. The number of anilines is 1. The molecule has 3 nitrogen and oxygen atoms in total. The van der Waals surface area contributed by atoms with Crippen LogP contribution < -0.4 is 5.32 Å². The number of hydrogen-bond donors (Lipinski definition) is 1. The van der Waals surface area contributed by atoms with Crippen molar-refractivity contribution in [2.45, 2.75) is 32.6 Å². The zero-order valence-corrected chi connectivity index (χ0v) is 10.9. The Morgan fingerprint density at radius 2 is 2.19 bits per heavy atom. The summed E-state index contributed by atoms with van der Waals surface area (Å²) in [5.74, 6) is 0.110. The van der Waals surface area contributed by atoms with E-state index >= 15 is 0 Å². The van der Waals surface area contributed by atoms with Crippen molar-refractivity contribution in [1.29, 1.82) is 0 Å². The summed E-state index contributed by atoms with van der Waals surface area (Å²) < 4.78 is 0.685. The second-order valence-corrected chi connectivity index (χ2v) is 5.31. The molecule has 0 bridgehead atoms. The standard InChI is InChI=1S/C12H15BrN2O/c1-12(6-2-3-7-12)11(16)15-9-5-4-8-14-10(9)13/h4-5,8H,2-3,6-7H2,1H3,(H,15,16). The Labute approximate surface area is 104 Å². The lowest BCUT2D eigenvalue weighted by Crippen LogP contribution is -2.30. The number of hydrogen-bond acceptors (Lipinski definition) is 2. The molecule has 2 rings (SSSR count). The summed E-state index contributed by atoms with van der Waals surface area (Å²) in [5.41, 5.74) is 0.551. The maximum Gasteiger partial charge on any atom is 0.230 e. The van der Waals surface area contributed by atoms with Crippen molar-refractivity contribution in [2.24, 2.45) is 5.41 Å². The molecule has 16 heavy (non-hydrogen) atoms. The summed E-state index contributed by atoms with van der Waals surface area (Å²) in [5, 5.41) is 2.94. The smallest absolute Gasteiger partial charge is 0.230 e. The van der Waals surface area contributed by atoms with Crippen LogP contribution in [0.3, 0.4) is 0 Å². The highest BCUT2D eigenvalue weighted by Gasteiger charge is 2.36. The van der Waals surface area contributed by atoms with Crippen molar-refractivity contribution in [3.8, 4) is 0 Å². The number of carbonyl (C=O) groups is 1. The fourth-order valence-corrected chi connectivity index (χ4v) is 2.48. The minimum absolute atomic E-state index is 0.110. The second-order valence-electron chi connectivity index (χ2n) is 4.56. The Morgan fingerprint density at radius 1 is 1.50 bits per heavy atom. The largest absolute Gasteiger partial charge is 0.323 e. The molecule has 1 N–H and O–H groups in total. The molecular weight excluding hydrogens is 268 g/mol. The molecule has 0 aliphatic heterocycles. The van der Waals surface area contributed by atoms with Gasteiger partial charge in [-0.05, 0) is 40.9 Å². The molecular formula is C12H15BrN2O. The molecule has 1 aromatic heterocycles. The molecule has 1 aliphatic carbocycles. The first-order valence-corrected chi connectivity index (χ1v) is 6.33. The zero-order valence-electron chi connectivity index (χ0n) is 9.29. The van der Waals surface area contributed by atoms with Crippen LogP contribution in [-0.2, 0) is 4.79 Å². The molecule has 1 heterocycles. The predicted molar refractivity (Wildman–Crippen MR) is 67.1 cm³/mol. The molecule has 86 valence electrons. The Balaban J connectivity index is 2.10. The number of amides is 1. The lowest BCUT2D eigenvalue weighted by atomic mass is 9.88. The Bertz CT molecular complexity index is 400. The van der Waals surface area contributed by atoms with E-state index < -0.39 is 0 Å². The summed E-state index contributed by atoms with van der Waals surface area (Å²) in [4.78, 5) is 16.2. The molecule has 1 amide bonds. The number of rotatable bonds is 2. The predicted octanol–water partition coefficient (Wildman–Crippen LogP) is 3.36. The highest BCUT2D eigenvalue weighted by atomic mass is 79.9. The fraction of sp³-hybridized carbons (Fsp3) is 0.500. The van der Waals surface area contributed by atoms with Gasteiger partial charge in [-0.15, -0.1) is 0 Å². The van der Waals surface area contributed by atoms with E-state index in [4.69, 9.17) is 0 Å². The van der Waals surface area contributed by atoms with Crippen LogP contribution in [-0.4, -0.2) is 10.9 Å². The fourth-order valence-electron chi connectivity index (χ4n) is 2.13. The maximum absolute atomic E-state index is 12.1. The SMILES string of the molecule is CC1(C(=O)Nc2cccnc2Br)CCCC1. The average molecular weight is 283 g/mol. The normalized spacial score (nSPS) is 18.4. The molecule has 0 unspecified atom stereocenters. The summed E-state index contributed by atoms with van der Waals surface area (Å²) >= 11 is 3.33. The van der Waals surface area contributed by atoms with Crippen LogP contribution in [0.25, 0.3) is 0 Å². The molecule has 0 radical (unpaired) electrons. The van der Waals surface area contributed by atoms with Gasteiger partial charge in [0.15, 0.2) is 0 Å². The van der Waals surface area contributed by atoms with E-state index in [1.54, 1.807) is 6.20 Å². The third-order valence-electron chi connectivity index (χ3n) is 3.26. The highest BCUT2D eigenvalue weighted by Crippen LogP contribution is 2.38. The van der Waals surface area contributed by atoms with Crippen molar-refractivity contribution < 1.29 is 4.79 Å². The summed E-state index contributed by atoms with van der Waals surface area (Å²) in [7, 11) is 0. The van der Waals surface area contributed by atoms with Gasteiger partial charge in [0.2, 0.25) is 5.91 Å². The molecule has 4 heteroatoms. The monoisotopic (exact) mass is 282 g/mol. The van der Waals surface area contributed by atoms with Gasteiger partial charge in [-0.2, -0.15) is 0 Å². The van der Waals surface area contributed by atoms with E-state index in [9.17, 15) is 4.79 Å². The molecule has 0 aromatic carbocycles. The molecule has 1 aliphatic rings. The topological polar surface area (TPSA) is 42.0 Å². The number of nitrogens with one attached hydrogen (secondary N) is 1. The van der Waals surface area contributed by atoms with E-state index in [0.29, 0.717) is 4.60 Å². The quantitative estimate of drug-likeness (QED) is 0.845. The van der Waals surface area contributed by atoms with Gasteiger partial charge in [0.25, 0.3) is 0 Å². The number of nitrogens with zero attached hydrogens (tertiary/aromatic N) is 1. The van der Waals surface area contributed by atoms with Gasteiger partial charge in [0.05, 0.1) is 5.69 Å². The van der Waals surface area contributed by atoms with Gasteiger partial charge in [0, 0.05) is 11.6 Å². The first kappa shape index (κ1) is 11.6. The van der Waals surface area contributed by atoms with Gasteiger partial charge in [-0.25, -0.2) is 4.98 Å². The lowest BCUT2D eigenvalue weighted by molar-refractivity contribution is -0.124. The van der Waals surface area contributed by atoms with Crippen LogP contribution in [0.1, 0.15) is 32.6 Å². The van der Waals surface area contributed by atoms with Crippen LogP contribution in [0, 0.1) is 5.41 Å². The van der Waals surface area contributed by atoms with Crippen LogP contribution in [0.15, 0.2) is 22.9 Å². The van der Waals surface area contributed by atoms with Gasteiger partial charge < -0.3 is 5.32 Å². The van der Waals surface area contributed by atoms with Crippen LogP contribution in [0.5, 0.6) is 0 Å². The van der Waals surface area contributed by atoms with Gasteiger partial charge in [-0.1, -0.05) is 19.8 Å². The molecule has 0 spiro atoms. The van der Waals surface area contributed by atoms with Crippen LogP contribution in [0.2, 0.25) is 0 Å². The summed E-state index contributed by atoms with van der Waals surface area (Å²) in [6.07, 6.45) is 5.96. The highest BCUT2D eigenvalue weighted by molar-refractivity contribution is 9.10. The van der Waals surface area contributed by atoms with Crippen molar-refractivity contribution in [2.75, 3.05) is 5.32 Å². The Hall–Kier alpha value is -0.900. The van der Waals surface area contributed by atoms with Crippen molar-refractivity contribution in [1.82, 2.24) is 4.98 Å². The maximum atomic E-state index is 12.1. The van der Waals surface area contributed by atoms with Gasteiger partial charge in [-0.3, -0.25) is 4.79 Å². The Kier molecular flexibility index (Phi) is 3.28. The molecule has 0 saturated heterocycles. The molecule has 1 aromatic rings. The van der Waals surface area contributed by atoms with Gasteiger partial charge in [0.1, 0.15) is 4.60 Å². The van der Waals surface area contributed by atoms with Gasteiger partial charge >= 0.3 is 0 Å². The number of carbonyl (C=O) groups excluding carboxylic acids is 1. The van der Waals surface area contributed by atoms with Crippen molar-refractivity contribution in [3.63, 3.8) is 0 Å². The third kappa shape index (κ3) is 2.26. The first-order valence-electron chi connectivity index (χ1n) is 5.54. The molecule has 1 saturated carbocycles. The number of pyridine rings is 1. The lowest BCUT2D eigenvalue weighted by Gasteiger charge is -2.22. The number of halogens is 1. The second kappa shape index (κ2) is 4.53. The average Bonchev–Trinajstić information content (AvgIpc) is 2.70. The van der Waals surface area contributed by atoms with E-state index in [1.807, 2.05) is 19.1 Å². The van der Waals surface area contributed by atoms with E-state index in [0.717, 1.165) is 31.4 Å². The number of aromatic nitrogens is 1. The minimum Gasteiger partial charge on any atom is -0.323 e. The first-order chi connectivity index (χ1) is 7.62. The third-order valence-corrected chi connectivity index (χ3v) is 3.89. The molecule has 0 atom stereocenters. The van der Waals surface area contributed by atoms with Crippen LogP contribution in [0.4, 0.5) is 5.69 Å². The Morgan fingerprint density at radius 3 is 2.81 bits per heavy atom.